The van der Waals surface area contributed by atoms with Crippen molar-refractivity contribution in [2.45, 2.75) is 37.0 Å². The van der Waals surface area contributed by atoms with Crippen LogP contribution in [0.5, 0.6) is 0 Å². The Morgan fingerprint density at radius 3 is 2.72 bits per heavy atom. The summed E-state index contributed by atoms with van der Waals surface area (Å²) in [6.45, 7) is 0. The van der Waals surface area contributed by atoms with Gasteiger partial charge in [-0.05, 0) is 24.8 Å². The number of nitrogens with two attached hydrogens (primary N) is 1. The highest BCUT2D eigenvalue weighted by atomic mass is 32.2. The van der Waals surface area contributed by atoms with Crippen molar-refractivity contribution in [3.8, 4) is 0 Å². The number of rotatable bonds is 3. The van der Waals surface area contributed by atoms with Crippen LogP contribution in [-0.4, -0.2) is 14.2 Å². The summed E-state index contributed by atoms with van der Waals surface area (Å²) in [5, 5.41) is 11.3. The van der Waals surface area contributed by atoms with E-state index in [0.29, 0.717) is 4.73 Å². The van der Waals surface area contributed by atoms with Crippen LogP contribution in [0.4, 0.5) is 5.82 Å². The Hall–Kier alpha value is -1.30. The number of pyridine rings is 1. The van der Waals surface area contributed by atoms with Gasteiger partial charge in [-0.2, -0.15) is 0 Å². The zero-order valence-electron chi connectivity index (χ0n) is 10.1. The van der Waals surface area contributed by atoms with Gasteiger partial charge >= 0.3 is 0 Å². The van der Waals surface area contributed by atoms with Gasteiger partial charge < -0.3 is 5.21 Å². The lowest BCUT2D eigenvalue weighted by Crippen LogP contribution is -2.32. The van der Waals surface area contributed by atoms with Gasteiger partial charge in [0.25, 0.3) is 5.82 Å². The Morgan fingerprint density at radius 2 is 2.06 bits per heavy atom. The Balaban J connectivity index is 2.22. The lowest BCUT2D eigenvalue weighted by atomic mass is 9.91. The Bertz CT molecular complexity index is 522. The van der Waals surface area contributed by atoms with Gasteiger partial charge in [0.15, 0.2) is 14.7 Å². The van der Waals surface area contributed by atoms with Crippen LogP contribution in [0, 0.1) is 17.2 Å². The summed E-state index contributed by atoms with van der Waals surface area (Å²) >= 11 is 0. The standard InChI is InChI=1S/C12H17N2O3S/c13-12-11(7-4-8-14(12)15)18(16,17)9-10-5-2-1-3-6-10/h7-8,10H,1-3,5-6,9,13H2. The number of nitrogen functional groups attached to an aromatic ring is 1. The largest absolute Gasteiger partial charge is 0.711 e. The molecule has 0 amide bonds. The smallest absolute Gasteiger partial charge is 0.294 e. The molecule has 2 rings (SSSR count). The van der Waals surface area contributed by atoms with Gasteiger partial charge in [-0.15, -0.1) is 0 Å². The first kappa shape index (κ1) is 13.1. The molecule has 1 aliphatic carbocycles. The zero-order valence-corrected chi connectivity index (χ0v) is 10.9. The molecular weight excluding hydrogens is 252 g/mol. The molecule has 1 saturated carbocycles. The summed E-state index contributed by atoms with van der Waals surface area (Å²) in [4.78, 5) is -0.0921. The van der Waals surface area contributed by atoms with E-state index in [4.69, 9.17) is 5.73 Å². The molecule has 1 radical (unpaired) electrons. The maximum Gasteiger partial charge on any atom is 0.294 e. The summed E-state index contributed by atoms with van der Waals surface area (Å²) < 4.78 is 24.8. The number of sulfone groups is 1. The van der Waals surface area contributed by atoms with E-state index in [2.05, 4.69) is 6.07 Å². The normalized spacial score (nSPS) is 17.8. The highest BCUT2D eigenvalue weighted by molar-refractivity contribution is 7.91. The predicted octanol–water partition coefficient (Wildman–Crippen LogP) is 1.06. The molecule has 1 heterocycles. The topological polar surface area (TPSA) is 87.1 Å². The average molecular weight is 269 g/mol. The van der Waals surface area contributed by atoms with E-state index in [9.17, 15) is 13.6 Å². The first-order valence-electron chi connectivity index (χ1n) is 6.12. The number of hydrogen-bond donors (Lipinski definition) is 1. The molecule has 2 N–H and O–H groups in total. The fourth-order valence-electron chi connectivity index (χ4n) is 2.44. The van der Waals surface area contributed by atoms with Crippen molar-refractivity contribution in [2.24, 2.45) is 5.92 Å². The van der Waals surface area contributed by atoms with E-state index in [1.165, 1.54) is 12.5 Å². The van der Waals surface area contributed by atoms with E-state index in [0.717, 1.165) is 31.9 Å². The summed E-state index contributed by atoms with van der Waals surface area (Å²) in [6, 6.07) is 3.78. The maximum absolute atomic E-state index is 12.2. The van der Waals surface area contributed by atoms with Gasteiger partial charge in [0, 0.05) is 6.07 Å². The molecule has 99 valence electrons. The van der Waals surface area contributed by atoms with Gasteiger partial charge in [-0.1, -0.05) is 19.3 Å². The molecule has 0 spiro atoms. The molecule has 0 saturated heterocycles. The highest BCUT2D eigenvalue weighted by Crippen LogP contribution is 2.27. The molecule has 1 aromatic heterocycles. The van der Waals surface area contributed by atoms with Crippen LogP contribution >= 0.6 is 0 Å². The van der Waals surface area contributed by atoms with Crippen molar-refractivity contribution in [3.05, 3.63) is 23.5 Å². The van der Waals surface area contributed by atoms with Gasteiger partial charge in [-0.3, -0.25) is 5.73 Å². The third-order valence-electron chi connectivity index (χ3n) is 3.41. The molecule has 5 nitrogen and oxygen atoms in total. The minimum atomic E-state index is -3.49. The molecular formula is C12H17N2O3S. The van der Waals surface area contributed by atoms with Gasteiger partial charge in [0.2, 0.25) is 0 Å². The lowest BCUT2D eigenvalue weighted by Gasteiger charge is -2.21. The third kappa shape index (κ3) is 2.75. The van der Waals surface area contributed by atoms with Crippen molar-refractivity contribution >= 4 is 15.7 Å². The fraction of sp³-hybridized carbons (Fsp3) is 0.583. The minimum absolute atomic E-state index is 0.0784. The van der Waals surface area contributed by atoms with Crippen molar-refractivity contribution in [2.75, 3.05) is 11.5 Å². The van der Waals surface area contributed by atoms with Crippen LogP contribution < -0.4 is 10.5 Å². The SMILES string of the molecule is Nc1c(S(=O)(=O)CC2CCCCC2)c[c]c[n+]1[O-]. The van der Waals surface area contributed by atoms with Crippen LogP contribution in [0.1, 0.15) is 32.1 Å². The second-order valence-electron chi connectivity index (χ2n) is 4.80. The Kier molecular flexibility index (Phi) is 3.75. The molecule has 1 aliphatic rings. The van der Waals surface area contributed by atoms with E-state index in [1.54, 1.807) is 0 Å². The van der Waals surface area contributed by atoms with Crippen LogP contribution in [0.15, 0.2) is 17.2 Å². The minimum Gasteiger partial charge on any atom is -0.711 e. The number of nitrogens with zero attached hydrogens (tertiary/aromatic N) is 1. The van der Waals surface area contributed by atoms with Gasteiger partial charge in [0.1, 0.15) is 6.20 Å². The van der Waals surface area contributed by atoms with Crippen molar-refractivity contribution < 1.29 is 13.1 Å². The first-order valence-corrected chi connectivity index (χ1v) is 7.77. The predicted molar refractivity (Wildman–Crippen MR) is 67.3 cm³/mol. The van der Waals surface area contributed by atoms with Crippen LogP contribution in [-0.2, 0) is 9.84 Å². The molecule has 0 bridgehead atoms. The zero-order chi connectivity index (χ0) is 13.2. The molecule has 0 aliphatic heterocycles. The fourth-order valence-corrected chi connectivity index (χ4v) is 4.23. The number of hydrogen-bond acceptors (Lipinski definition) is 4. The molecule has 18 heavy (non-hydrogen) atoms. The Morgan fingerprint density at radius 1 is 1.39 bits per heavy atom. The Labute approximate surface area is 107 Å². The van der Waals surface area contributed by atoms with Gasteiger partial charge in [-0.25, -0.2) is 13.1 Å². The third-order valence-corrected chi connectivity index (χ3v) is 5.32. The summed E-state index contributed by atoms with van der Waals surface area (Å²) in [6.07, 6.45) is 6.30. The van der Waals surface area contributed by atoms with E-state index >= 15 is 0 Å². The average Bonchev–Trinajstić information content (AvgIpc) is 2.33. The number of aromatic nitrogens is 1. The highest BCUT2D eigenvalue weighted by Gasteiger charge is 2.27. The molecule has 0 unspecified atom stereocenters. The van der Waals surface area contributed by atoms with E-state index in [-0.39, 0.29) is 22.4 Å². The second kappa shape index (κ2) is 5.14. The monoisotopic (exact) mass is 269 g/mol. The molecule has 0 atom stereocenters. The van der Waals surface area contributed by atoms with E-state index in [1.807, 2.05) is 0 Å². The summed E-state index contributed by atoms with van der Waals surface area (Å²) in [5.41, 5.74) is 5.53. The quantitative estimate of drug-likeness (QED) is 0.656. The molecule has 1 aromatic rings. The van der Waals surface area contributed by atoms with Gasteiger partial charge in [0.05, 0.1) is 5.75 Å². The van der Waals surface area contributed by atoms with Crippen molar-refractivity contribution in [3.63, 3.8) is 0 Å². The second-order valence-corrected chi connectivity index (χ2v) is 6.80. The number of anilines is 1. The van der Waals surface area contributed by atoms with Crippen molar-refractivity contribution in [1.29, 1.82) is 0 Å². The molecule has 1 fully saturated rings. The summed E-state index contributed by atoms with van der Waals surface area (Å²) in [7, 11) is -3.49. The molecule has 6 heteroatoms. The maximum atomic E-state index is 12.2. The van der Waals surface area contributed by atoms with E-state index < -0.39 is 9.84 Å². The van der Waals surface area contributed by atoms with Crippen LogP contribution in [0.25, 0.3) is 0 Å². The summed E-state index contributed by atoms with van der Waals surface area (Å²) in [5.74, 6) is 0.00252. The van der Waals surface area contributed by atoms with Crippen LogP contribution in [0.3, 0.4) is 0 Å². The van der Waals surface area contributed by atoms with Crippen molar-refractivity contribution in [1.82, 2.24) is 0 Å². The lowest BCUT2D eigenvalue weighted by molar-refractivity contribution is -0.591. The van der Waals surface area contributed by atoms with Crippen LogP contribution in [0.2, 0.25) is 0 Å². The first-order chi connectivity index (χ1) is 8.50. The molecule has 0 aromatic carbocycles.